The third kappa shape index (κ3) is 5.32. The monoisotopic (exact) mass is 495 g/mol. The average Bonchev–Trinajstić information content (AvgIpc) is 3.38. The van der Waals surface area contributed by atoms with Crippen molar-refractivity contribution in [3.05, 3.63) is 59.0 Å². The lowest BCUT2D eigenvalue weighted by atomic mass is 10.1. The lowest BCUT2D eigenvalue weighted by Gasteiger charge is -2.19. The van der Waals surface area contributed by atoms with E-state index in [1.165, 1.54) is 19.1 Å². The van der Waals surface area contributed by atoms with E-state index < -0.39 is 5.92 Å². The minimum absolute atomic E-state index is 0.0581. The number of hydrogen-bond donors (Lipinski definition) is 1. The van der Waals surface area contributed by atoms with Crippen LogP contribution in [0.25, 0.3) is 6.08 Å². The summed E-state index contributed by atoms with van der Waals surface area (Å²) >= 11 is 0.880. The van der Waals surface area contributed by atoms with Gasteiger partial charge in [-0.15, -0.1) is 0 Å². The summed E-state index contributed by atoms with van der Waals surface area (Å²) < 4.78 is 10.5. The van der Waals surface area contributed by atoms with Crippen molar-refractivity contribution in [2.75, 3.05) is 38.8 Å². The first kappa shape index (κ1) is 24.3. The van der Waals surface area contributed by atoms with Crippen molar-refractivity contribution in [2.24, 2.45) is 5.92 Å². The third-order valence-corrected chi connectivity index (χ3v) is 6.69. The van der Waals surface area contributed by atoms with Crippen LogP contribution in [0.15, 0.2) is 53.4 Å². The minimum Gasteiger partial charge on any atom is -0.493 e. The van der Waals surface area contributed by atoms with Crippen molar-refractivity contribution < 1.29 is 28.7 Å². The predicted octanol–water partition coefficient (Wildman–Crippen LogP) is 2.91. The number of benzene rings is 2. The smallest absolute Gasteiger partial charge is 0.293 e. The van der Waals surface area contributed by atoms with Crippen LogP contribution in [-0.2, 0) is 14.4 Å². The Kier molecular flexibility index (Phi) is 7.40. The fourth-order valence-corrected chi connectivity index (χ4v) is 4.82. The number of carbonyl (C=O) groups excluding carboxylic acids is 4. The number of hydrogen-bond acceptors (Lipinski definition) is 7. The highest BCUT2D eigenvalue weighted by atomic mass is 32.2. The van der Waals surface area contributed by atoms with Gasteiger partial charge in [-0.1, -0.05) is 30.3 Å². The number of thioether (sulfide) groups is 1. The first-order chi connectivity index (χ1) is 16.9. The number of rotatable bonds is 8. The van der Waals surface area contributed by atoms with Crippen LogP contribution >= 0.6 is 11.8 Å². The second-order valence-corrected chi connectivity index (χ2v) is 8.97. The van der Waals surface area contributed by atoms with Gasteiger partial charge in [-0.05, 0) is 35.5 Å². The van der Waals surface area contributed by atoms with E-state index in [2.05, 4.69) is 5.32 Å². The fraction of sp³-hybridized carbons (Fsp3) is 0.280. The summed E-state index contributed by atoms with van der Waals surface area (Å²) in [6.45, 7) is 0.390. The van der Waals surface area contributed by atoms with Crippen molar-refractivity contribution in [3.63, 3.8) is 0 Å². The summed E-state index contributed by atoms with van der Waals surface area (Å²) in [5.41, 5.74) is 1.45. The van der Waals surface area contributed by atoms with E-state index in [1.54, 1.807) is 24.3 Å². The Balaban J connectivity index is 1.31. The second-order valence-electron chi connectivity index (χ2n) is 7.98. The number of methoxy groups -OCH3 is 2. The highest BCUT2D eigenvalue weighted by Gasteiger charge is 2.37. The van der Waals surface area contributed by atoms with Crippen molar-refractivity contribution in [1.29, 1.82) is 0 Å². The predicted molar refractivity (Wildman–Crippen MR) is 132 cm³/mol. The lowest BCUT2D eigenvalue weighted by Crippen LogP contribution is -2.40. The van der Waals surface area contributed by atoms with Crippen LogP contribution in [0, 0.1) is 5.92 Å². The summed E-state index contributed by atoms with van der Waals surface area (Å²) in [6, 6.07) is 14.4. The van der Waals surface area contributed by atoms with Crippen LogP contribution in [-0.4, -0.2) is 61.7 Å². The number of nitrogens with zero attached hydrogens (tertiary/aromatic N) is 2. The van der Waals surface area contributed by atoms with E-state index in [-0.39, 0.29) is 49.0 Å². The summed E-state index contributed by atoms with van der Waals surface area (Å²) in [7, 11) is 3.04. The van der Waals surface area contributed by atoms with Gasteiger partial charge in [-0.3, -0.25) is 24.1 Å². The minimum atomic E-state index is -0.538. The molecule has 1 unspecified atom stereocenters. The number of imide groups is 1. The molecule has 0 aromatic heterocycles. The molecule has 1 N–H and O–H groups in total. The molecular weight excluding hydrogens is 470 g/mol. The molecule has 0 aliphatic carbocycles. The van der Waals surface area contributed by atoms with Gasteiger partial charge in [0.15, 0.2) is 11.5 Å². The van der Waals surface area contributed by atoms with Crippen LogP contribution in [0.3, 0.4) is 0 Å². The first-order valence-electron chi connectivity index (χ1n) is 11.0. The Hall–Kier alpha value is -3.79. The number of nitrogens with one attached hydrogen (secondary N) is 1. The maximum absolute atomic E-state index is 12.7. The van der Waals surface area contributed by atoms with Gasteiger partial charge in [0, 0.05) is 37.8 Å². The van der Waals surface area contributed by atoms with E-state index in [0.29, 0.717) is 22.1 Å². The van der Waals surface area contributed by atoms with Gasteiger partial charge in [-0.25, -0.2) is 0 Å². The molecule has 0 spiro atoms. The maximum atomic E-state index is 12.7. The highest BCUT2D eigenvalue weighted by Crippen LogP contribution is 2.34. The molecule has 9 nitrogen and oxygen atoms in total. The van der Waals surface area contributed by atoms with Crippen LogP contribution < -0.4 is 19.7 Å². The van der Waals surface area contributed by atoms with Gasteiger partial charge in [0.2, 0.25) is 11.8 Å². The van der Waals surface area contributed by atoms with Gasteiger partial charge in [0.05, 0.1) is 25.0 Å². The largest absolute Gasteiger partial charge is 0.493 e. The summed E-state index contributed by atoms with van der Waals surface area (Å²) in [6.07, 6.45) is 1.75. The number of carbonyl (C=O) groups is 4. The molecule has 4 rings (SSSR count). The molecule has 0 bridgehead atoms. The Morgan fingerprint density at radius 1 is 1.09 bits per heavy atom. The molecule has 35 heavy (non-hydrogen) atoms. The van der Waals surface area contributed by atoms with E-state index in [4.69, 9.17) is 9.47 Å². The second kappa shape index (κ2) is 10.6. The molecule has 2 aromatic rings. The first-order valence-corrected chi connectivity index (χ1v) is 11.8. The topological polar surface area (TPSA) is 105 Å². The summed E-state index contributed by atoms with van der Waals surface area (Å²) in [5.74, 6) is -0.355. The maximum Gasteiger partial charge on any atom is 0.293 e. The quantitative estimate of drug-likeness (QED) is 0.562. The molecule has 2 aliphatic heterocycles. The van der Waals surface area contributed by atoms with Crippen LogP contribution in [0.1, 0.15) is 12.0 Å². The molecule has 182 valence electrons. The zero-order valence-electron chi connectivity index (χ0n) is 19.4. The third-order valence-electron chi connectivity index (χ3n) is 5.78. The Bertz CT molecular complexity index is 1180. The molecule has 4 amide bonds. The Morgan fingerprint density at radius 3 is 2.54 bits per heavy atom. The van der Waals surface area contributed by atoms with Gasteiger partial charge >= 0.3 is 0 Å². The lowest BCUT2D eigenvalue weighted by molar-refractivity contribution is -0.127. The standard InChI is InChI=1S/C25H25N3O6S/c1-33-19-9-8-18(14-20(19)34-2)28-15-17(13-22(28)29)23(30)26-10-11-27-24(31)21(35-25(27)32)12-16-6-4-3-5-7-16/h3-9,12,14,17H,10-11,13,15H2,1-2H3,(H,26,30)/b21-12-. The zero-order valence-corrected chi connectivity index (χ0v) is 20.2. The van der Waals surface area contributed by atoms with Crippen LogP contribution in [0.5, 0.6) is 11.5 Å². The van der Waals surface area contributed by atoms with Crippen LogP contribution in [0.4, 0.5) is 10.5 Å². The van der Waals surface area contributed by atoms with Gasteiger partial charge in [0.25, 0.3) is 11.1 Å². The highest BCUT2D eigenvalue weighted by molar-refractivity contribution is 8.18. The number of amides is 4. The molecule has 0 radical (unpaired) electrons. The zero-order chi connectivity index (χ0) is 24.9. The number of ether oxygens (including phenoxy) is 2. The van der Waals surface area contributed by atoms with Gasteiger partial charge in [0.1, 0.15) is 0 Å². The SMILES string of the molecule is COc1ccc(N2CC(C(=O)NCCN3C(=O)S/C(=C\c4ccccc4)C3=O)CC2=O)cc1OC. The van der Waals surface area contributed by atoms with E-state index in [9.17, 15) is 19.2 Å². The van der Waals surface area contributed by atoms with Crippen molar-refractivity contribution in [2.45, 2.75) is 6.42 Å². The van der Waals surface area contributed by atoms with E-state index in [0.717, 1.165) is 22.2 Å². The molecule has 1 atom stereocenters. The Morgan fingerprint density at radius 2 is 1.83 bits per heavy atom. The van der Waals surface area contributed by atoms with Crippen molar-refractivity contribution in [1.82, 2.24) is 10.2 Å². The molecule has 2 heterocycles. The molecule has 0 saturated carbocycles. The average molecular weight is 496 g/mol. The molecule has 2 aromatic carbocycles. The fourth-order valence-electron chi connectivity index (χ4n) is 3.95. The van der Waals surface area contributed by atoms with Crippen molar-refractivity contribution in [3.8, 4) is 11.5 Å². The normalized spacial score (nSPS) is 19.0. The van der Waals surface area contributed by atoms with E-state index >= 15 is 0 Å². The Labute approximate surface area is 207 Å². The molecule has 2 fully saturated rings. The molecule has 10 heteroatoms. The van der Waals surface area contributed by atoms with Gasteiger partial charge in [-0.2, -0.15) is 0 Å². The summed E-state index contributed by atoms with van der Waals surface area (Å²) in [4.78, 5) is 53.2. The molecule has 2 saturated heterocycles. The van der Waals surface area contributed by atoms with Crippen LogP contribution in [0.2, 0.25) is 0 Å². The van der Waals surface area contributed by atoms with Gasteiger partial charge < -0.3 is 19.7 Å². The molecular formula is C25H25N3O6S. The summed E-state index contributed by atoms with van der Waals surface area (Å²) in [5, 5.41) is 2.38. The van der Waals surface area contributed by atoms with Crippen molar-refractivity contribution >= 4 is 46.5 Å². The number of anilines is 1. The molecule has 2 aliphatic rings. The van der Waals surface area contributed by atoms with E-state index in [1.807, 2.05) is 30.3 Å².